The van der Waals surface area contributed by atoms with Crippen LogP contribution in [0.25, 0.3) is 82.8 Å². The number of nitrogens with zero attached hydrogens (tertiary/aromatic N) is 2. The maximum absolute atomic E-state index is 2.47. The Morgan fingerprint density at radius 3 is 1.48 bits per heavy atom. The molecular formula is C61H58N2. The molecular weight excluding hydrogens is 761 g/mol. The van der Waals surface area contributed by atoms with E-state index < -0.39 is 0 Å². The van der Waals surface area contributed by atoms with E-state index >= 15 is 0 Å². The van der Waals surface area contributed by atoms with Gasteiger partial charge in [0.05, 0.1) is 22.1 Å². The Labute approximate surface area is 373 Å². The zero-order valence-corrected chi connectivity index (χ0v) is 38.2. The largest absolute Gasteiger partial charge is 0.309 e. The Balaban J connectivity index is 1.11. The third-order valence-corrected chi connectivity index (χ3v) is 12.8. The monoisotopic (exact) mass is 818 g/mol. The normalized spacial score (nSPS) is 13.6. The van der Waals surface area contributed by atoms with Crippen molar-refractivity contribution in [3.05, 3.63) is 198 Å². The first-order chi connectivity index (χ1) is 30.3. The van der Waals surface area contributed by atoms with E-state index in [1.165, 1.54) is 99.3 Å². The molecule has 2 aromatic heterocycles. The molecule has 2 heteroatoms. The molecule has 0 unspecified atom stereocenters. The predicted octanol–water partition coefficient (Wildman–Crippen LogP) is 17.0. The average Bonchev–Trinajstić information content (AvgIpc) is 3.65. The molecule has 0 spiro atoms. The van der Waals surface area contributed by atoms with Crippen molar-refractivity contribution in [2.75, 3.05) is 0 Å². The van der Waals surface area contributed by atoms with Crippen molar-refractivity contribution in [3.8, 4) is 33.6 Å². The zero-order chi connectivity index (χ0) is 43.6. The molecule has 0 fully saturated rings. The summed E-state index contributed by atoms with van der Waals surface area (Å²) in [6.07, 6.45) is 11.9. The summed E-state index contributed by atoms with van der Waals surface area (Å²) in [4.78, 5) is 0. The molecule has 0 aliphatic heterocycles. The molecule has 0 radical (unpaired) electrons. The molecule has 0 saturated heterocycles. The molecule has 0 saturated carbocycles. The van der Waals surface area contributed by atoms with Crippen LogP contribution in [-0.4, -0.2) is 9.13 Å². The smallest absolute Gasteiger partial charge is 0.0541 e. The third-order valence-electron chi connectivity index (χ3n) is 12.8. The van der Waals surface area contributed by atoms with Gasteiger partial charge in [-0.05, 0) is 167 Å². The summed E-state index contributed by atoms with van der Waals surface area (Å²) >= 11 is 0. The topological polar surface area (TPSA) is 9.86 Å². The van der Waals surface area contributed by atoms with Crippen molar-refractivity contribution in [2.45, 2.75) is 74.7 Å². The number of aromatic nitrogens is 2. The van der Waals surface area contributed by atoms with Gasteiger partial charge in [-0.2, -0.15) is 0 Å². The number of fused-ring (bicyclic) bond motifs is 6. The fourth-order valence-electron chi connectivity index (χ4n) is 10.1. The number of hydrogen-bond donors (Lipinski definition) is 0. The van der Waals surface area contributed by atoms with Gasteiger partial charge in [0.2, 0.25) is 0 Å². The van der Waals surface area contributed by atoms with Gasteiger partial charge in [0.15, 0.2) is 0 Å². The lowest BCUT2D eigenvalue weighted by Crippen LogP contribution is -2.08. The van der Waals surface area contributed by atoms with Gasteiger partial charge in [-0.15, -0.1) is 0 Å². The molecule has 63 heavy (non-hydrogen) atoms. The standard InChI is InChI=1S/C61H58N2/c1-40-16-10-9-11-22-50(40)46-26-30-58-54(36-46)52-32-42(38-60(3,4)5)24-28-56(52)62(58)48-20-14-18-44(34-48)45-19-15-21-49(35-45)63-57-29-25-43(39-61(6,7)8)33-53(57)55-37-47(27-31-59(55)63)51-23-13-12-17-41(51)2/h9-15,17-37H,16,38-39H2,1-8H3. The van der Waals surface area contributed by atoms with E-state index in [2.05, 4.69) is 234 Å². The Hall–Kier alpha value is -6.64. The maximum Gasteiger partial charge on any atom is 0.0541 e. The second-order valence-corrected chi connectivity index (χ2v) is 20.4. The predicted molar refractivity (Wildman–Crippen MR) is 273 cm³/mol. The quantitative estimate of drug-likeness (QED) is 0.152. The molecule has 0 bridgehead atoms. The number of allylic oxidation sites excluding steroid dienone is 6. The van der Waals surface area contributed by atoms with Crippen LogP contribution >= 0.6 is 0 Å². The summed E-state index contributed by atoms with van der Waals surface area (Å²) < 4.78 is 4.94. The molecule has 312 valence electrons. The van der Waals surface area contributed by atoms with Crippen LogP contribution in [-0.2, 0) is 12.8 Å². The average molecular weight is 819 g/mol. The van der Waals surface area contributed by atoms with Crippen molar-refractivity contribution in [3.63, 3.8) is 0 Å². The van der Waals surface area contributed by atoms with Crippen LogP contribution in [0.5, 0.6) is 0 Å². The number of aryl methyl sites for hydroxylation is 1. The highest BCUT2D eigenvalue weighted by Gasteiger charge is 2.20. The summed E-state index contributed by atoms with van der Waals surface area (Å²) in [6, 6.07) is 55.3. The lowest BCUT2D eigenvalue weighted by Gasteiger charge is -2.18. The Bertz CT molecular complexity index is 3340. The fourth-order valence-corrected chi connectivity index (χ4v) is 10.1. The number of hydrogen-bond acceptors (Lipinski definition) is 0. The number of benzene rings is 7. The summed E-state index contributed by atoms with van der Waals surface area (Å²) in [7, 11) is 0. The minimum Gasteiger partial charge on any atom is -0.309 e. The molecule has 2 nitrogen and oxygen atoms in total. The Morgan fingerprint density at radius 1 is 0.444 bits per heavy atom. The van der Waals surface area contributed by atoms with Gasteiger partial charge < -0.3 is 9.13 Å². The van der Waals surface area contributed by atoms with Crippen molar-refractivity contribution in [1.29, 1.82) is 0 Å². The minimum atomic E-state index is 0.193. The molecule has 7 aromatic carbocycles. The van der Waals surface area contributed by atoms with E-state index in [0.29, 0.717) is 0 Å². The van der Waals surface area contributed by atoms with E-state index in [-0.39, 0.29) is 10.8 Å². The molecule has 10 rings (SSSR count). The van der Waals surface area contributed by atoms with E-state index in [4.69, 9.17) is 0 Å². The first-order valence-corrected chi connectivity index (χ1v) is 22.7. The van der Waals surface area contributed by atoms with E-state index in [0.717, 1.165) is 30.6 Å². The van der Waals surface area contributed by atoms with Crippen LogP contribution in [0.3, 0.4) is 0 Å². The highest BCUT2D eigenvalue weighted by molar-refractivity contribution is 6.12. The Kier molecular flexibility index (Phi) is 10.0. The molecule has 1 aliphatic carbocycles. The van der Waals surface area contributed by atoms with Gasteiger partial charge in [0.25, 0.3) is 0 Å². The van der Waals surface area contributed by atoms with Gasteiger partial charge in [0, 0.05) is 32.9 Å². The second kappa shape index (κ2) is 15.6. The third kappa shape index (κ3) is 7.78. The second-order valence-electron chi connectivity index (χ2n) is 20.4. The first-order valence-electron chi connectivity index (χ1n) is 22.7. The van der Waals surface area contributed by atoms with Crippen LogP contribution in [0.2, 0.25) is 0 Å². The highest BCUT2D eigenvalue weighted by atomic mass is 15.0. The molecule has 0 atom stereocenters. The van der Waals surface area contributed by atoms with Crippen LogP contribution in [0.4, 0.5) is 0 Å². The van der Waals surface area contributed by atoms with E-state index in [1.807, 2.05) is 0 Å². The molecule has 1 aliphatic rings. The Morgan fingerprint density at radius 2 is 0.937 bits per heavy atom. The first kappa shape index (κ1) is 40.4. The van der Waals surface area contributed by atoms with Gasteiger partial charge in [-0.25, -0.2) is 0 Å². The van der Waals surface area contributed by atoms with E-state index in [9.17, 15) is 0 Å². The highest BCUT2D eigenvalue weighted by Crippen LogP contribution is 2.40. The van der Waals surface area contributed by atoms with Crippen LogP contribution in [0.1, 0.15) is 77.1 Å². The SMILES string of the molecule is CC1=C(c2ccc3c(c2)c2cc(CC(C)(C)C)ccc2n3-c2cccc(-c3cccc(-n4c5ccc(CC(C)(C)C)cc5c5cc(-c6ccccc6C)ccc54)c3)c2)C=CC=CC1. The van der Waals surface area contributed by atoms with Crippen LogP contribution in [0.15, 0.2) is 175 Å². The van der Waals surface area contributed by atoms with Crippen molar-refractivity contribution in [1.82, 2.24) is 9.13 Å². The maximum atomic E-state index is 2.47. The lowest BCUT2D eigenvalue weighted by molar-refractivity contribution is 0.411. The molecule has 0 amide bonds. The lowest BCUT2D eigenvalue weighted by atomic mass is 9.87. The van der Waals surface area contributed by atoms with Gasteiger partial charge >= 0.3 is 0 Å². The molecule has 2 heterocycles. The van der Waals surface area contributed by atoms with Gasteiger partial charge in [0.1, 0.15) is 0 Å². The van der Waals surface area contributed by atoms with Crippen molar-refractivity contribution < 1.29 is 0 Å². The van der Waals surface area contributed by atoms with Gasteiger partial charge in [-0.1, -0.05) is 144 Å². The van der Waals surface area contributed by atoms with Crippen molar-refractivity contribution in [2.24, 2.45) is 10.8 Å². The fraction of sp³-hybridized carbons (Fsp3) is 0.213. The molecule has 0 N–H and O–H groups in total. The van der Waals surface area contributed by atoms with Crippen molar-refractivity contribution >= 4 is 49.2 Å². The minimum absolute atomic E-state index is 0.193. The number of rotatable bonds is 7. The van der Waals surface area contributed by atoms with Crippen LogP contribution in [0, 0.1) is 17.8 Å². The van der Waals surface area contributed by atoms with Gasteiger partial charge in [-0.3, -0.25) is 0 Å². The summed E-state index contributed by atoms with van der Waals surface area (Å²) in [5.74, 6) is 0. The summed E-state index contributed by atoms with van der Waals surface area (Å²) in [6.45, 7) is 18.4. The zero-order valence-electron chi connectivity index (χ0n) is 38.2. The van der Waals surface area contributed by atoms with Crippen LogP contribution < -0.4 is 0 Å². The van der Waals surface area contributed by atoms with E-state index in [1.54, 1.807) is 0 Å². The summed E-state index contributed by atoms with van der Waals surface area (Å²) in [5.41, 5.74) is 20.6. The molecule has 9 aromatic rings. The summed E-state index contributed by atoms with van der Waals surface area (Å²) in [5, 5.41) is 5.18.